The number of nitrogens with zero attached hydrogens (tertiary/aromatic N) is 3. The molecule has 0 unspecified atom stereocenters. The van der Waals surface area contributed by atoms with Gasteiger partial charge in [0.15, 0.2) is 0 Å². The fraction of sp³-hybridized carbons (Fsp3) is 0.0222. The molecular weight excluding hydrogens is 583 g/mol. The quantitative estimate of drug-likeness (QED) is 0.172. The number of aromatic nitrogens is 1. The monoisotopic (exact) mass is 615 g/mol. The molecule has 0 bridgehead atoms. The van der Waals surface area contributed by atoms with E-state index in [2.05, 4.69) is 203 Å². The predicted octanol–water partition coefficient (Wildman–Crippen LogP) is 12.6. The first-order chi connectivity index (χ1) is 23.8. The molecule has 0 radical (unpaired) electrons. The molecular formula is C45H33N3. The van der Waals surface area contributed by atoms with Crippen LogP contribution < -0.4 is 9.80 Å². The molecule has 1 heterocycles. The fourth-order valence-electron chi connectivity index (χ4n) is 7.32. The number of hydrogen-bond acceptors (Lipinski definition) is 2. The zero-order chi connectivity index (χ0) is 32.0. The Kier molecular flexibility index (Phi) is 6.69. The second-order valence-electron chi connectivity index (χ2n) is 12.3. The summed E-state index contributed by atoms with van der Waals surface area (Å²) >= 11 is 0. The number of para-hydroxylation sites is 2. The van der Waals surface area contributed by atoms with E-state index in [1.165, 1.54) is 43.1 Å². The van der Waals surface area contributed by atoms with Gasteiger partial charge in [-0.25, -0.2) is 0 Å². The molecule has 9 aromatic rings. The molecule has 48 heavy (non-hydrogen) atoms. The Hall–Kier alpha value is -6.32. The zero-order valence-corrected chi connectivity index (χ0v) is 26.7. The third-order valence-corrected chi connectivity index (χ3v) is 9.53. The smallest absolute Gasteiger partial charge is 0.119 e. The van der Waals surface area contributed by atoms with Crippen LogP contribution >= 0.6 is 0 Å². The van der Waals surface area contributed by atoms with E-state index in [4.69, 9.17) is 0 Å². The lowest BCUT2D eigenvalue weighted by atomic mass is 9.99. The molecule has 0 saturated heterocycles. The molecule has 0 N–H and O–H groups in total. The van der Waals surface area contributed by atoms with Crippen molar-refractivity contribution >= 4 is 77.5 Å². The van der Waals surface area contributed by atoms with Crippen molar-refractivity contribution in [1.29, 1.82) is 0 Å². The first-order valence-electron chi connectivity index (χ1n) is 16.4. The van der Waals surface area contributed by atoms with Gasteiger partial charge >= 0.3 is 0 Å². The summed E-state index contributed by atoms with van der Waals surface area (Å²) in [5, 5.41) is 9.87. The molecule has 1 aromatic heterocycles. The van der Waals surface area contributed by atoms with Gasteiger partial charge in [-0.1, -0.05) is 133 Å². The highest BCUT2D eigenvalue weighted by Crippen LogP contribution is 2.46. The fourth-order valence-corrected chi connectivity index (χ4v) is 7.32. The van der Waals surface area contributed by atoms with Crippen molar-refractivity contribution in [3.63, 3.8) is 0 Å². The summed E-state index contributed by atoms with van der Waals surface area (Å²) in [7, 11) is 2.18. The van der Waals surface area contributed by atoms with E-state index < -0.39 is 0 Å². The van der Waals surface area contributed by atoms with Crippen molar-refractivity contribution in [2.45, 2.75) is 0 Å². The summed E-state index contributed by atoms with van der Waals surface area (Å²) in [4.78, 5) is 4.81. The van der Waals surface area contributed by atoms with Crippen LogP contribution in [0.5, 0.6) is 0 Å². The van der Waals surface area contributed by atoms with Crippen LogP contribution in [0.4, 0.5) is 34.4 Å². The predicted molar refractivity (Wildman–Crippen MR) is 205 cm³/mol. The maximum Gasteiger partial charge on any atom is 0.119 e. The summed E-state index contributed by atoms with van der Waals surface area (Å²) in [6, 6.07) is 65.5. The van der Waals surface area contributed by atoms with Gasteiger partial charge in [0.05, 0.1) is 11.4 Å². The molecule has 228 valence electrons. The Labute approximate surface area is 280 Å². The Morgan fingerprint density at radius 3 is 1.08 bits per heavy atom. The molecule has 0 atom stereocenters. The third kappa shape index (κ3) is 4.51. The van der Waals surface area contributed by atoms with Gasteiger partial charge in [0, 0.05) is 29.2 Å². The van der Waals surface area contributed by atoms with E-state index in [1.807, 2.05) is 0 Å². The molecule has 3 heteroatoms. The molecule has 8 aromatic carbocycles. The van der Waals surface area contributed by atoms with Crippen LogP contribution in [0, 0.1) is 0 Å². The van der Waals surface area contributed by atoms with Crippen molar-refractivity contribution in [1.82, 2.24) is 4.57 Å². The molecule has 0 aliphatic rings. The summed E-state index contributed by atoms with van der Waals surface area (Å²) in [5.41, 5.74) is 4.50. The molecule has 0 aliphatic heterocycles. The standard InChI is InChI=1S/C45H33N3/c1-46-44(47(34-18-4-2-5-19-34)42-30-32-16-8-10-22-36(32)38-24-12-14-26-40(38)42)28-29-45(46)48(35-20-6-3-7-21-35)43-31-33-17-9-11-23-37(33)39-25-13-15-27-41(39)43/h2-31H,1H3. The van der Waals surface area contributed by atoms with E-state index >= 15 is 0 Å². The summed E-state index contributed by atoms with van der Waals surface area (Å²) in [6.07, 6.45) is 0. The van der Waals surface area contributed by atoms with Gasteiger partial charge in [0.25, 0.3) is 0 Å². The van der Waals surface area contributed by atoms with Crippen molar-refractivity contribution in [2.24, 2.45) is 7.05 Å². The van der Waals surface area contributed by atoms with Crippen LogP contribution in [0.15, 0.2) is 182 Å². The topological polar surface area (TPSA) is 11.4 Å². The summed E-state index contributed by atoms with van der Waals surface area (Å²) in [6.45, 7) is 0. The molecule has 0 spiro atoms. The highest BCUT2D eigenvalue weighted by Gasteiger charge is 2.24. The van der Waals surface area contributed by atoms with E-state index in [0.29, 0.717) is 0 Å². The van der Waals surface area contributed by atoms with Gasteiger partial charge < -0.3 is 4.57 Å². The highest BCUT2D eigenvalue weighted by molar-refractivity contribution is 6.16. The number of benzene rings is 8. The number of anilines is 6. The van der Waals surface area contributed by atoms with E-state index in [0.717, 1.165) is 34.4 Å². The first kappa shape index (κ1) is 27.9. The van der Waals surface area contributed by atoms with Crippen LogP contribution in [-0.4, -0.2) is 4.57 Å². The normalized spacial score (nSPS) is 11.4. The number of fused-ring (bicyclic) bond motifs is 6. The van der Waals surface area contributed by atoms with Gasteiger partial charge in [0.1, 0.15) is 11.6 Å². The zero-order valence-electron chi connectivity index (χ0n) is 26.7. The summed E-state index contributed by atoms with van der Waals surface area (Å²) in [5.74, 6) is 2.14. The van der Waals surface area contributed by atoms with Crippen molar-refractivity contribution in [3.05, 3.63) is 182 Å². The lowest BCUT2D eigenvalue weighted by Gasteiger charge is -2.31. The van der Waals surface area contributed by atoms with Crippen molar-refractivity contribution in [3.8, 4) is 0 Å². The minimum absolute atomic E-state index is 1.07. The average Bonchev–Trinajstić information content (AvgIpc) is 3.52. The largest absolute Gasteiger partial charge is 0.316 e. The van der Waals surface area contributed by atoms with Gasteiger partial charge in [-0.3, -0.25) is 9.80 Å². The highest BCUT2D eigenvalue weighted by atomic mass is 15.3. The van der Waals surface area contributed by atoms with Gasteiger partial charge in [0.2, 0.25) is 0 Å². The molecule has 0 saturated carbocycles. The van der Waals surface area contributed by atoms with Crippen LogP contribution in [-0.2, 0) is 7.05 Å². The SMILES string of the molecule is Cn1c(N(c2ccccc2)c2cc3ccccc3c3ccccc23)ccc1N(c1ccccc1)c1cc2ccccc2c2ccccc12. The molecule has 3 nitrogen and oxygen atoms in total. The maximum atomic E-state index is 2.40. The summed E-state index contributed by atoms with van der Waals surface area (Å²) < 4.78 is 2.33. The van der Waals surface area contributed by atoms with Gasteiger partial charge in [-0.2, -0.15) is 0 Å². The average molecular weight is 616 g/mol. The van der Waals surface area contributed by atoms with E-state index in [-0.39, 0.29) is 0 Å². The molecule has 9 rings (SSSR count). The Balaban J connectivity index is 1.31. The Morgan fingerprint density at radius 2 is 0.667 bits per heavy atom. The van der Waals surface area contributed by atoms with Gasteiger partial charge in [-0.05, 0) is 80.8 Å². The lowest BCUT2D eigenvalue weighted by Crippen LogP contribution is -2.18. The van der Waals surface area contributed by atoms with Crippen LogP contribution in [0.25, 0.3) is 43.1 Å². The maximum absolute atomic E-state index is 2.40. The second kappa shape index (κ2) is 11.5. The second-order valence-corrected chi connectivity index (χ2v) is 12.3. The minimum Gasteiger partial charge on any atom is -0.316 e. The van der Waals surface area contributed by atoms with Crippen molar-refractivity contribution in [2.75, 3.05) is 9.80 Å². The molecule has 0 aliphatic carbocycles. The first-order valence-corrected chi connectivity index (χ1v) is 16.4. The minimum atomic E-state index is 1.07. The molecule has 0 fully saturated rings. The Morgan fingerprint density at radius 1 is 0.333 bits per heavy atom. The van der Waals surface area contributed by atoms with E-state index in [9.17, 15) is 0 Å². The van der Waals surface area contributed by atoms with Crippen LogP contribution in [0.3, 0.4) is 0 Å². The van der Waals surface area contributed by atoms with Crippen LogP contribution in [0.2, 0.25) is 0 Å². The number of rotatable bonds is 6. The molecule has 0 amide bonds. The van der Waals surface area contributed by atoms with Gasteiger partial charge in [-0.15, -0.1) is 0 Å². The van der Waals surface area contributed by atoms with Crippen molar-refractivity contribution < 1.29 is 0 Å². The Bertz CT molecular complexity index is 2400. The third-order valence-electron chi connectivity index (χ3n) is 9.53. The van der Waals surface area contributed by atoms with Crippen LogP contribution in [0.1, 0.15) is 0 Å². The number of hydrogen-bond donors (Lipinski definition) is 0. The van der Waals surface area contributed by atoms with E-state index in [1.54, 1.807) is 0 Å². The lowest BCUT2D eigenvalue weighted by molar-refractivity contribution is 0.902.